The standard InChI is InChI=1S/C11H13N/c1-2-5-10(6-3-1)11-7-4-8-12-9-11/h1-2,4,6-7,9,12H,3,5,8H2. The second-order valence-corrected chi connectivity index (χ2v) is 3.05. The van der Waals surface area contributed by atoms with Crippen LogP contribution in [0.2, 0.25) is 0 Å². The molecule has 0 atom stereocenters. The van der Waals surface area contributed by atoms with Crippen molar-refractivity contribution in [3.8, 4) is 0 Å². The van der Waals surface area contributed by atoms with Crippen LogP contribution in [0.5, 0.6) is 0 Å². The molecule has 0 radical (unpaired) electrons. The molecule has 2 aliphatic rings. The second-order valence-electron chi connectivity index (χ2n) is 3.05. The molecule has 0 saturated carbocycles. The van der Waals surface area contributed by atoms with E-state index in [0.29, 0.717) is 0 Å². The van der Waals surface area contributed by atoms with Crippen molar-refractivity contribution in [3.05, 3.63) is 47.7 Å². The highest BCUT2D eigenvalue weighted by Gasteiger charge is 2.04. The third-order valence-corrected chi connectivity index (χ3v) is 2.17. The highest BCUT2D eigenvalue weighted by atomic mass is 14.8. The van der Waals surface area contributed by atoms with Gasteiger partial charge in [-0.3, -0.25) is 0 Å². The summed E-state index contributed by atoms with van der Waals surface area (Å²) < 4.78 is 0. The zero-order valence-electron chi connectivity index (χ0n) is 7.09. The first-order chi connectivity index (χ1) is 5.97. The third kappa shape index (κ3) is 1.50. The molecule has 0 fully saturated rings. The van der Waals surface area contributed by atoms with Gasteiger partial charge in [0, 0.05) is 12.7 Å². The first-order valence-electron chi connectivity index (χ1n) is 4.41. The predicted octanol–water partition coefficient (Wildman–Crippen LogP) is 2.31. The van der Waals surface area contributed by atoms with Crippen LogP contribution in [0.1, 0.15) is 12.8 Å². The second kappa shape index (κ2) is 3.44. The SMILES string of the molecule is C1=CCC(C2=CNCC=C2)=CC1. The quantitative estimate of drug-likeness (QED) is 0.579. The van der Waals surface area contributed by atoms with E-state index in [1.165, 1.54) is 11.1 Å². The number of hydrogen-bond acceptors (Lipinski definition) is 1. The molecule has 0 unspecified atom stereocenters. The zero-order valence-corrected chi connectivity index (χ0v) is 7.09. The van der Waals surface area contributed by atoms with Crippen LogP contribution in [0, 0.1) is 0 Å². The lowest BCUT2D eigenvalue weighted by atomic mass is 9.97. The Kier molecular flexibility index (Phi) is 2.12. The third-order valence-electron chi connectivity index (χ3n) is 2.17. The van der Waals surface area contributed by atoms with Crippen LogP contribution in [-0.2, 0) is 0 Å². The van der Waals surface area contributed by atoms with Crippen molar-refractivity contribution >= 4 is 0 Å². The van der Waals surface area contributed by atoms with Crippen LogP contribution in [0.15, 0.2) is 47.7 Å². The Bertz CT molecular complexity index is 279. The van der Waals surface area contributed by atoms with Crippen LogP contribution < -0.4 is 5.32 Å². The largest absolute Gasteiger partial charge is 0.387 e. The molecule has 1 N–H and O–H groups in total. The van der Waals surface area contributed by atoms with Gasteiger partial charge in [0.05, 0.1) is 0 Å². The molecule has 1 heteroatoms. The van der Waals surface area contributed by atoms with Gasteiger partial charge in [0.1, 0.15) is 0 Å². The molecule has 0 aromatic rings. The van der Waals surface area contributed by atoms with Gasteiger partial charge in [-0.05, 0) is 24.0 Å². The summed E-state index contributed by atoms with van der Waals surface area (Å²) in [5.41, 5.74) is 2.78. The van der Waals surface area contributed by atoms with Gasteiger partial charge in [-0.2, -0.15) is 0 Å². The monoisotopic (exact) mass is 159 g/mol. The fourth-order valence-corrected chi connectivity index (χ4v) is 1.51. The Morgan fingerprint density at radius 2 is 2.17 bits per heavy atom. The zero-order chi connectivity index (χ0) is 8.23. The summed E-state index contributed by atoms with van der Waals surface area (Å²) in [6.07, 6.45) is 15.4. The van der Waals surface area contributed by atoms with Gasteiger partial charge in [0.25, 0.3) is 0 Å². The molecule has 1 heterocycles. The van der Waals surface area contributed by atoms with Crippen molar-refractivity contribution in [2.45, 2.75) is 12.8 Å². The number of allylic oxidation sites excluding steroid dienone is 6. The first-order valence-corrected chi connectivity index (χ1v) is 4.41. The van der Waals surface area contributed by atoms with Crippen LogP contribution in [0.25, 0.3) is 0 Å². The summed E-state index contributed by atoms with van der Waals surface area (Å²) in [4.78, 5) is 0. The maximum Gasteiger partial charge on any atom is 0.0328 e. The number of hydrogen-bond donors (Lipinski definition) is 1. The van der Waals surface area contributed by atoms with E-state index in [2.05, 4.69) is 41.9 Å². The molecule has 0 saturated heterocycles. The van der Waals surface area contributed by atoms with Crippen molar-refractivity contribution in [1.82, 2.24) is 5.32 Å². The molecule has 62 valence electrons. The lowest BCUT2D eigenvalue weighted by molar-refractivity contribution is 0.949. The number of dihydropyridines is 1. The minimum absolute atomic E-state index is 0.965. The Balaban J connectivity index is 2.13. The van der Waals surface area contributed by atoms with Crippen molar-refractivity contribution in [1.29, 1.82) is 0 Å². The van der Waals surface area contributed by atoms with Crippen LogP contribution >= 0.6 is 0 Å². The molecule has 0 aromatic carbocycles. The Morgan fingerprint density at radius 3 is 2.83 bits per heavy atom. The van der Waals surface area contributed by atoms with Crippen molar-refractivity contribution < 1.29 is 0 Å². The van der Waals surface area contributed by atoms with Crippen LogP contribution in [0.4, 0.5) is 0 Å². The molecule has 12 heavy (non-hydrogen) atoms. The average molecular weight is 159 g/mol. The summed E-state index contributed by atoms with van der Waals surface area (Å²) in [5, 5.41) is 3.22. The number of rotatable bonds is 1. The molecular weight excluding hydrogens is 146 g/mol. The van der Waals surface area contributed by atoms with Gasteiger partial charge in [-0.15, -0.1) is 0 Å². The molecule has 0 amide bonds. The topological polar surface area (TPSA) is 12.0 Å². The summed E-state index contributed by atoms with van der Waals surface area (Å²) >= 11 is 0. The fourth-order valence-electron chi connectivity index (χ4n) is 1.51. The molecule has 0 aromatic heterocycles. The van der Waals surface area contributed by atoms with Gasteiger partial charge in [0.2, 0.25) is 0 Å². The van der Waals surface area contributed by atoms with Gasteiger partial charge in [-0.25, -0.2) is 0 Å². The van der Waals surface area contributed by atoms with Gasteiger partial charge in [0.15, 0.2) is 0 Å². The van der Waals surface area contributed by atoms with E-state index in [1.54, 1.807) is 0 Å². The molecule has 1 nitrogen and oxygen atoms in total. The van der Waals surface area contributed by atoms with Gasteiger partial charge < -0.3 is 5.32 Å². The molecule has 0 bridgehead atoms. The van der Waals surface area contributed by atoms with Crippen molar-refractivity contribution in [3.63, 3.8) is 0 Å². The van der Waals surface area contributed by atoms with Crippen LogP contribution in [0.3, 0.4) is 0 Å². The minimum Gasteiger partial charge on any atom is -0.387 e. The molecular formula is C11H13N. The van der Waals surface area contributed by atoms with Crippen molar-refractivity contribution in [2.75, 3.05) is 6.54 Å². The summed E-state index contributed by atoms with van der Waals surface area (Å²) in [5.74, 6) is 0. The van der Waals surface area contributed by atoms with E-state index in [1.807, 2.05) is 0 Å². The Morgan fingerprint density at radius 1 is 1.17 bits per heavy atom. The Labute approximate surface area is 73.2 Å². The lowest BCUT2D eigenvalue weighted by Crippen LogP contribution is -2.10. The number of nitrogens with one attached hydrogen (secondary N) is 1. The smallest absolute Gasteiger partial charge is 0.0328 e. The molecule has 0 spiro atoms. The maximum atomic E-state index is 3.22. The summed E-state index contributed by atoms with van der Waals surface area (Å²) in [6, 6.07) is 0. The van der Waals surface area contributed by atoms with E-state index in [0.717, 1.165) is 19.4 Å². The van der Waals surface area contributed by atoms with E-state index in [9.17, 15) is 0 Å². The van der Waals surface area contributed by atoms with Crippen molar-refractivity contribution in [2.24, 2.45) is 0 Å². The van der Waals surface area contributed by atoms with Gasteiger partial charge >= 0.3 is 0 Å². The van der Waals surface area contributed by atoms with Crippen LogP contribution in [-0.4, -0.2) is 6.54 Å². The predicted molar refractivity (Wildman–Crippen MR) is 51.7 cm³/mol. The normalized spacial score (nSPS) is 21.3. The molecule has 2 rings (SSSR count). The Hall–Kier alpha value is -1.24. The minimum atomic E-state index is 0.965. The van der Waals surface area contributed by atoms with E-state index >= 15 is 0 Å². The first kappa shape index (κ1) is 7.41. The highest BCUT2D eigenvalue weighted by molar-refractivity contribution is 5.43. The fraction of sp³-hybridized carbons (Fsp3) is 0.273. The van der Waals surface area contributed by atoms with E-state index in [4.69, 9.17) is 0 Å². The van der Waals surface area contributed by atoms with Gasteiger partial charge in [-0.1, -0.05) is 30.4 Å². The maximum absolute atomic E-state index is 3.22. The average Bonchev–Trinajstić information content (AvgIpc) is 2.21. The van der Waals surface area contributed by atoms with E-state index in [-0.39, 0.29) is 0 Å². The summed E-state index contributed by atoms with van der Waals surface area (Å²) in [6.45, 7) is 0.965. The summed E-state index contributed by atoms with van der Waals surface area (Å²) in [7, 11) is 0. The molecule has 1 aliphatic carbocycles. The lowest BCUT2D eigenvalue weighted by Gasteiger charge is -2.13. The molecule has 1 aliphatic heterocycles. The highest BCUT2D eigenvalue weighted by Crippen LogP contribution is 2.20. The van der Waals surface area contributed by atoms with E-state index < -0.39 is 0 Å².